The van der Waals surface area contributed by atoms with Gasteiger partial charge in [-0.25, -0.2) is 14.3 Å². The Morgan fingerprint density at radius 2 is 2.14 bits per heavy atom. The second-order valence-electron chi connectivity index (χ2n) is 5.01. The summed E-state index contributed by atoms with van der Waals surface area (Å²) < 4.78 is 7.10. The molecule has 1 atom stereocenters. The highest BCUT2D eigenvalue weighted by Crippen LogP contribution is 2.30. The molecule has 0 radical (unpaired) electrons. The monoisotopic (exact) mass is 297 g/mol. The molecule has 0 amide bonds. The molecule has 3 rings (SSSR count). The van der Waals surface area contributed by atoms with E-state index in [1.807, 2.05) is 12.1 Å². The number of hydrogen-bond donors (Lipinski definition) is 1. The van der Waals surface area contributed by atoms with Crippen LogP contribution in [0.5, 0.6) is 0 Å². The molecule has 22 heavy (non-hydrogen) atoms. The Labute approximate surface area is 127 Å². The van der Waals surface area contributed by atoms with Crippen LogP contribution < -0.4 is 0 Å². The van der Waals surface area contributed by atoms with E-state index in [2.05, 4.69) is 10.1 Å². The lowest BCUT2D eigenvalue weighted by molar-refractivity contribution is -0.163. The molecule has 3 aromatic rings. The predicted molar refractivity (Wildman–Crippen MR) is 79.5 cm³/mol. The van der Waals surface area contributed by atoms with E-state index < -0.39 is 11.6 Å². The van der Waals surface area contributed by atoms with E-state index in [0.29, 0.717) is 5.56 Å². The van der Waals surface area contributed by atoms with E-state index in [0.717, 1.165) is 11.1 Å². The van der Waals surface area contributed by atoms with Crippen LogP contribution in [-0.2, 0) is 21.6 Å². The van der Waals surface area contributed by atoms with Crippen molar-refractivity contribution < 1.29 is 14.6 Å². The molecule has 0 aliphatic carbocycles. The van der Waals surface area contributed by atoms with Gasteiger partial charge in [-0.3, -0.25) is 0 Å². The van der Waals surface area contributed by atoms with Crippen LogP contribution in [0.2, 0.25) is 0 Å². The predicted octanol–water partition coefficient (Wildman–Crippen LogP) is 1.90. The van der Waals surface area contributed by atoms with Gasteiger partial charge in [0.2, 0.25) is 0 Å². The third kappa shape index (κ3) is 2.33. The number of carboxylic acid groups (broad SMARTS) is 1. The maximum Gasteiger partial charge on any atom is 0.341 e. The quantitative estimate of drug-likeness (QED) is 0.778. The van der Waals surface area contributed by atoms with E-state index in [1.165, 1.54) is 13.4 Å². The summed E-state index contributed by atoms with van der Waals surface area (Å²) in [5.74, 6) is -1.03. The maximum atomic E-state index is 11.9. The fourth-order valence-electron chi connectivity index (χ4n) is 2.59. The van der Waals surface area contributed by atoms with Gasteiger partial charge in [0.15, 0.2) is 5.60 Å². The van der Waals surface area contributed by atoms with Crippen LogP contribution in [0.1, 0.15) is 11.1 Å². The van der Waals surface area contributed by atoms with Crippen LogP contribution in [-0.4, -0.2) is 32.8 Å². The van der Waals surface area contributed by atoms with Crippen LogP contribution in [0.15, 0.2) is 55.1 Å². The molecule has 6 nitrogen and oxygen atoms in total. The number of carboxylic acids is 1. The van der Waals surface area contributed by atoms with E-state index in [4.69, 9.17) is 4.74 Å². The zero-order valence-corrected chi connectivity index (χ0v) is 12.0. The topological polar surface area (TPSA) is 76.7 Å². The molecule has 0 bridgehead atoms. The molecule has 1 unspecified atom stereocenters. The summed E-state index contributed by atoms with van der Waals surface area (Å²) in [4.78, 5) is 15.9. The smallest absolute Gasteiger partial charge is 0.341 e. The number of ether oxygens (including phenoxy) is 1. The number of aliphatic carboxylic acids is 1. The van der Waals surface area contributed by atoms with Gasteiger partial charge in [0.05, 0.1) is 11.7 Å². The van der Waals surface area contributed by atoms with Crippen molar-refractivity contribution in [3.8, 4) is 0 Å². The summed E-state index contributed by atoms with van der Waals surface area (Å²) >= 11 is 0. The van der Waals surface area contributed by atoms with E-state index in [-0.39, 0.29) is 6.42 Å². The SMILES string of the molecule is COC(Cc1cc2cncnn2c1)(C(=O)O)c1ccccc1. The number of methoxy groups -OCH3 is 1. The average Bonchev–Trinajstić information content (AvgIpc) is 2.95. The lowest BCUT2D eigenvalue weighted by atomic mass is 9.87. The third-order valence-corrected chi connectivity index (χ3v) is 3.72. The lowest BCUT2D eigenvalue weighted by Gasteiger charge is -2.28. The van der Waals surface area contributed by atoms with Crippen LogP contribution in [0.25, 0.3) is 5.52 Å². The molecule has 0 aliphatic rings. The minimum atomic E-state index is -1.43. The Balaban J connectivity index is 2.05. The largest absolute Gasteiger partial charge is 0.479 e. The van der Waals surface area contributed by atoms with Gasteiger partial charge >= 0.3 is 5.97 Å². The van der Waals surface area contributed by atoms with E-state index in [9.17, 15) is 9.90 Å². The molecule has 1 N–H and O–H groups in total. The Hall–Kier alpha value is -2.73. The minimum Gasteiger partial charge on any atom is -0.479 e. The van der Waals surface area contributed by atoms with Gasteiger partial charge in [-0.05, 0) is 17.2 Å². The summed E-state index contributed by atoms with van der Waals surface area (Å²) in [6.07, 6.45) is 5.10. The standard InChI is InChI=1S/C16H15N3O3/c1-22-16(15(20)21,13-5-3-2-4-6-13)8-12-7-14-9-17-11-18-19(14)10-12/h2-7,9-11H,8H2,1H3,(H,20,21). The lowest BCUT2D eigenvalue weighted by Crippen LogP contribution is -2.40. The normalized spacial score (nSPS) is 13.9. The second-order valence-corrected chi connectivity index (χ2v) is 5.01. The Bertz CT molecular complexity index is 768. The second kappa shape index (κ2) is 5.57. The molecule has 0 fully saturated rings. The summed E-state index contributed by atoms with van der Waals surface area (Å²) in [5, 5.41) is 13.8. The maximum absolute atomic E-state index is 11.9. The van der Waals surface area contributed by atoms with Crippen LogP contribution >= 0.6 is 0 Å². The number of hydrogen-bond acceptors (Lipinski definition) is 4. The molecule has 0 aliphatic heterocycles. The highest BCUT2D eigenvalue weighted by molar-refractivity contribution is 5.80. The van der Waals surface area contributed by atoms with Gasteiger partial charge in [0.1, 0.15) is 6.33 Å². The molecule has 1 aromatic carbocycles. The van der Waals surface area contributed by atoms with Crippen molar-refractivity contribution >= 4 is 11.5 Å². The molecular formula is C16H15N3O3. The number of nitrogens with zero attached hydrogens (tertiary/aromatic N) is 3. The van der Waals surface area contributed by atoms with Crippen molar-refractivity contribution in [1.82, 2.24) is 14.6 Å². The molecule has 2 heterocycles. The van der Waals surface area contributed by atoms with Crippen LogP contribution in [0, 0.1) is 0 Å². The Morgan fingerprint density at radius 3 is 2.77 bits per heavy atom. The van der Waals surface area contributed by atoms with E-state index in [1.54, 1.807) is 41.2 Å². The fraction of sp³-hybridized carbons (Fsp3) is 0.188. The molecule has 6 heteroatoms. The molecule has 0 spiro atoms. The fourth-order valence-corrected chi connectivity index (χ4v) is 2.59. The highest BCUT2D eigenvalue weighted by atomic mass is 16.5. The van der Waals surface area contributed by atoms with Crippen molar-refractivity contribution in [2.75, 3.05) is 7.11 Å². The summed E-state index contributed by atoms with van der Waals surface area (Å²) in [6, 6.07) is 10.8. The van der Waals surface area contributed by atoms with Gasteiger partial charge in [0.25, 0.3) is 0 Å². The summed E-state index contributed by atoms with van der Waals surface area (Å²) in [6.45, 7) is 0. The first-order valence-corrected chi connectivity index (χ1v) is 6.77. The van der Waals surface area contributed by atoms with Crippen molar-refractivity contribution in [2.24, 2.45) is 0 Å². The van der Waals surface area contributed by atoms with Crippen molar-refractivity contribution in [2.45, 2.75) is 12.0 Å². The molecule has 2 aromatic heterocycles. The molecule has 0 saturated heterocycles. The first kappa shape index (κ1) is 14.2. The van der Waals surface area contributed by atoms with Crippen LogP contribution in [0.3, 0.4) is 0 Å². The van der Waals surface area contributed by atoms with Gasteiger partial charge < -0.3 is 9.84 Å². The Kier molecular flexibility index (Phi) is 3.60. The zero-order valence-electron chi connectivity index (χ0n) is 12.0. The third-order valence-electron chi connectivity index (χ3n) is 3.72. The van der Waals surface area contributed by atoms with E-state index >= 15 is 0 Å². The number of carbonyl (C=O) groups is 1. The number of rotatable bonds is 5. The summed E-state index contributed by atoms with van der Waals surface area (Å²) in [5.41, 5.74) is 0.792. The zero-order chi connectivity index (χ0) is 15.6. The number of aromatic nitrogens is 3. The minimum absolute atomic E-state index is 0.201. The first-order valence-electron chi connectivity index (χ1n) is 6.77. The van der Waals surface area contributed by atoms with Crippen molar-refractivity contribution in [3.63, 3.8) is 0 Å². The van der Waals surface area contributed by atoms with Gasteiger partial charge in [-0.2, -0.15) is 5.10 Å². The summed E-state index contributed by atoms with van der Waals surface area (Å²) in [7, 11) is 1.41. The first-order chi connectivity index (χ1) is 10.7. The molecular weight excluding hydrogens is 282 g/mol. The number of benzene rings is 1. The van der Waals surface area contributed by atoms with Crippen LogP contribution in [0.4, 0.5) is 0 Å². The Morgan fingerprint density at radius 1 is 1.36 bits per heavy atom. The number of fused-ring (bicyclic) bond motifs is 1. The van der Waals surface area contributed by atoms with Gasteiger partial charge in [-0.1, -0.05) is 30.3 Å². The average molecular weight is 297 g/mol. The van der Waals surface area contributed by atoms with Gasteiger partial charge in [-0.15, -0.1) is 0 Å². The molecule has 0 saturated carbocycles. The van der Waals surface area contributed by atoms with Gasteiger partial charge in [0, 0.05) is 19.7 Å². The van der Waals surface area contributed by atoms with Crippen molar-refractivity contribution in [1.29, 1.82) is 0 Å². The molecule has 112 valence electrons. The highest BCUT2D eigenvalue weighted by Gasteiger charge is 2.41. The van der Waals surface area contributed by atoms with Crippen molar-refractivity contribution in [3.05, 3.63) is 66.2 Å².